The molecule has 1 aromatic carbocycles. The van der Waals surface area contributed by atoms with Crippen LogP contribution in [-0.4, -0.2) is 18.6 Å². The molecule has 1 aliphatic carbocycles. The van der Waals surface area contributed by atoms with Gasteiger partial charge in [0.05, 0.1) is 0 Å². The third-order valence-electron chi connectivity index (χ3n) is 3.27. The van der Waals surface area contributed by atoms with Crippen LogP contribution in [0.2, 0.25) is 0 Å². The molecule has 0 bridgehead atoms. The lowest BCUT2D eigenvalue weighted by atomic mass is 10.2. The van der Waals surface area contributed by atoms with E-state index >= 15 is 0 Å². The lowest BCUT2D eigenvalue weighted by Gasteiger charge is -2.14. The smallest absolute Gasteiger partial charge is 0.258 e. The highest BCUT2D eigenvalue weighted by molar-refractivity contribution is 5.77. The standard InChI is InChI=1S/C14H20N2O2/c1-10(11-6-7-11)16-14(17)9-18-13-5-3-2-4-12(13)8-15/h2-5,10-11H,6-9,15H2,1H3,(H,16,17). The van der Waals surface area contributed by atoms with Crippen LogP contribution < -0.4 is 15.8 Å². The predicted octanol–water partition coefficient (Wildman–Crippen LogP) is 1.44. The minimum Gasteiger partial charge on any atom is -0.483 e. The Balaban J connectivity index is 1.81. The molecule has 0 aromatic heterocycles. The molecule has 1 aromatic rings. The minimum atomic E-state index is -0.0683. The molecule has 0 heterocycles. The van der Waals surface area contributed by atoms with Crippen LogP contribution in [0, 0.1) is 5.92 Å². The van der Waals surface area contributed by atoms with Crippen molar-refractivity contribution >= 4 is 5.91 Å². The highest BCUT2D eigenvalue weighted by Crippen LogP contribution is 2.32. The first-order chi connectivity index (χ1) is 8.70. The number of para-hydroxylation sites is 1. The largest absolute Gasteiger partial charge is 0.483 e. The summed E-state index contributed by atoms with van der Waals surface area (Å²) in [4.78, 5) is 11.7. The van der Waals surface area contributed by atoms with E-state index in [2.05, 4.69) is 5.32 Å². The predicted molar refractivity (Wildman–Crippen MR) is 70.2 cm³/mol. The molecule has 0 spiro atoms. The van der Waals surface area contributed by atoms with Gasteiger partial charge in [0.2, 0.25) is 0 Å². The number of nitrogens with two attached hydrogens (primary N) is 1. The van der Waals surface area contributed by atoms with Crippen molar-refractivity contribution in [3.8, 4) is 5.75 Å². The van der Waals surface area contributed by atoms with Crippen LogP contribution in [0.5, 0.6) is 5.75 Å². The van der Waals surface area contributed by atoms with Crippen LogP contribution in [0.3, 0.4) is 0 Å². The molecule has 98 valence electrons. The Kier molecular flexibility index (Phi) is 4.20. The highest BCUT2D eigenvalue weighted by atomic mass is 16.5. The summed E-state index contributed by atoms with van der Waals surface area (Å²) in [5, 5.41) is 2.95. The second-order valence-corrected chi connectivity index (χ2v) is 4.79. The Morgan fingerprint density at radius 1 is 1.50 bits per heavy atom. The Morgan fingerprint density at radius 3 is 2.89 bits per heavy atom. The third-order valence-corrected chi connectivity index (χ3v) is 3.27. The molecule has 1 amide bonds. The number of hydrogen-bond acceptors (Lipinski definition) is 3. The molecule has 0 aliphatic heterocycles. The summed E-state index contributed by atoms with van der Waals surface area (Å²) in [7, 11) is 0. The van der Waals surface area contributed by atoms with E-state index in [1.165, 1.54) is 12.8 Å². The van der Waals surface area contributed by atoms with Crippen molar-refractivity contribution in [2.24, 2.45) is 11.7 Å². The molecule has 4 nitrogen and oxygen atoms in total. The summed E-state index contributed by atoms with van der Waals surface area (Å²) < 4.78 is 5.50. The lowest BCUT2D eigenvalue weighted by Crippen LogP contribution is -2.37. The van der Waals surface area contributed by atoms with Crippen molar-refractivity contribution in [1.82, 2.24) is 5.32 Å². The summed E-state index contributed by atoms with van der Waals surface area (Å²) in [5.41, 5.74) is 6.52. The minimum absolute atomic E-state index is 0.0497. The van der Waals surface area contributed by atoms with E-state index < -0.39 is 0 Å². The average Bonchev–Trinajstić information content (AvgIpc) is 3.21. The fourth-order valence-electron chi connectivity index (χ4n) is 1.97. The molecule has 1 unspecified atom stereocenters. The van der Waals surface area contributed by atoms with E-state index in [9.17, 15) is 4.79 Å². The van der Waals surface area contributed by atoms with Crippen LogP contribution >= 0.6 is 0 Å². The van der Waals surface area contributed by atoms with Gasteiger partial charge in [-0.3, -0.25) is 4.79 Å². The van der Waals surface area contributed by atoms with Crippen molar-refractivity contribution < 1.29 is 9.53 Å². The summed E-state index contributed by atoms with van der Waals surface area (Å²) in [6.45, 7) is 2.51. The first-order valence-corrected chi connectivity index (χ1v) is 6.41. The van der Waals surface area contributed by atoms with Gasteiger partial charge in [0.1, 0.15) is 5.75 Å². The van der Waals surface area contributed by atoms with Crippen molar-refractivity contribution in [2.45, 2.75) is 32.4 Å². The highest BCUT2D eigenvalue weighted by Gasteiger charge is 2.28. The lowest BCUT2D eigenvalue weighted by molar-refractivity contribution is -0.123. The van der Waals surface area contributed by atoms with Gasteiger partial charge in [-0.15, -0.1) is 0 Å². The van der Waals surface area contributed by atoms with Crippen molar-refractivity contribution in [2.75, 3.05) is 6.61 Å². The zero-order valence-electron chi connectivity index (χ0n) is 10.7. The molecule has 4 heteroatoms. The first-order valence-electron chi connectivity index (χ1n) is 6.41. The van der Waals surface area contributed by atoms with Crippen LogP contribution in [0.25, 0.3) is 0 Å². The van der Waals surface area contributed by atoms with Crippen molar-refractivity contribution in [1.29, 1.82) is 0 Å². The fraction of sp³-hybridized carbons (Fsp3) is 0.500. The van der Waals surface area contributed by atoms with Gasteiger partial charge in [0, 0.05) is 18.2 Å². The Labute approximate surface area is 108 Å². The summed E-state index contributed by atoms with van der Waals surface area (Å²) in [6.07, 6.45) is 2.44. The Bertz CT molecular complexity index is 416. The molecule has 1 saturated carbocycles. The van der Waals surface area contributed by atoms with Gasteiger partial charge in [-0.05, 0) is 31.7 Å². The quantitative estimate of drug-likeness (QED) is 0.800. The van der Waals surface area contributed by atoms with E-state index in [4.69, 9.17) is 10.5 Å². The molecular formula is C14H20N2O2. The van der Waals surface area contributed by atoms with E-state index in [1.807, 2.05) is 31.2 Å². The second kappa shape index (κ2) is 5.87. The topological polar surface area (TPSA) is 64.3 Å². The van der Waals surface area contributed by atoms with Gasteiger partial charge in [-0.1, -0.05) is 18.2 Å². The van der Waals surface area contributed by atoms with Gasteiger partial charge in [-0.2, -0.15) is 0 Å². The monoisotopic (exact) mass is 248 g/mol. The third kappa shape index (κ3) is 3.47. The molecule has 18 heavy (non-hydrogen) atoms. The van der Waals surface area contributed by atoms with Gasteiger partial charge in [0.25, 0.3) is 5.91 Å². The molecule has 2 rings (SSSR count). The van der Waals surface area contributed by atoms with Crippen LogP contribution in [0.1, 0.15) is 25.3 Å². The molecule has 3 N–H and O–H groups in total. The van der Waals surface area contributed by atoms with Crippen LogP contribution in [-0.2, 0) is 11.3 Å². The van der Waals surface area contributed by atoms with Crippen LogP contribution in [0.15, 0.2) is 24.3 Å². The number of hydrogen-bond donors (Lipinski definition) is 2. The normalized spacial score (nSPS) is 16.1. The number of amides is 1. The summed E-state index contributed by atoms with van der Waals surface area (Å²) in [6, 6.07) is 7.77. The average molecular weight is 248 g/mol. The van der Waals surface area contributed by atoms with Crippen molar-refractivity contribution in [3.05, 3.63) is 29.8 Å². The number of nitrogens with one attached hydrogen (secondary N) is 1. The maximum Gasteiger partial charge on any atom is 0.258 e. The fourth-order valence-corrected chi connectivity index (χ4v) is 1.97. The molecule has 0 saturated heterocycles. The molecule has 1 atom stereocenters. The molecule has 1 aliphatic rings. The van der Waals surface area contributed by atoms with E-state index in [1.54, 1.807) is 0 Å². The first kappa shape index (κ1) is 12.9. The summed E-state index contributed by atoms with van der Waals surface area (Å²) >= 11 is 0. The van der Waals surface area contributed by atoms with Crippen LogP contribution in [0.4, 0.5) is 0 Å². The van der Waals surface area contributed by atoms with E-state index in [0.717, 1.165) is 5.56 Å². The maximum absolute atomic E-state index is 11.7. The second-order valence-electron chi connectivity index (χ2n) is 4.79. The summed E-state index contributed by atoms with van der Waals surface area (Å²) in [5.74, 6) is 1.28. The van der Waals surface area contributed by atoms with Gasteiger partial charge < -0.3 is 15.8 Å². The Hall–Kier alpha value is -1.55. The van der Waals surface area contributed by atoms with Gasteiger partial charge in [0.15, 0.2) is 6.61 Å². The number of rotatable bonds is 6. The van der Waals surface area contributed by atoms with E-state index in [0.29, 0.717) is 18.2 Å². The molecule has 0 radical (unpaired) electrons. The number of benzene rings is 1. The molecular weight excluding hydrogens is 228 g/mol. The van der Waals surface area contributed by atoms with Gasteiger partial charge in [-0.25, -0.2) is 0 Å². The van der Waals surface area contributed by atoms with Crippen molar-refractivity contribution in [3.63, 3.8) is 0 Å². The number of carbonyl (C=O) groups is 1. The SMILES string of the molecule is CC(NC(=O)COc1ccccc1CN)C1CC1. The zero-order chi connectivity index (χ0) is 13.0. The van der Waals surface area contributed by atoms with E-state index in [-0.39, 0.29) is 18.6 Å². The number of ether oxygens (including phenoxy) is 1. The van der Waals surface area contributed by atoms with Gasteiger partial charge >= 0.3 is 0 Å². The molecule has 1 fully saturated rings. The Morgan fingerprint density at radius 2 is 2.22 bits per heavy atom. The maximum atomic E-state index is 11.7. The zero-order valence-corrected chi connectivity index (χ0v) is 10.7. The number of carbonyl (C=O) groups excluding carboxylic acids is 1.